The van der Waals surface area contributed by atoms with E-state index in [1.165, 1.54) is 63.6 Å². The summed E-state index contributed by atoms with van der Waals surface area (Å²) >= 11 is 6.10. The molecule has 2 N–H and O–H groups in total. The molecule has 38 heavy (non-hydrogen) atoms. The summed E-state index contributed by atoms with van der Waals surface area (Å²) in [6.45, 7) is 0.681. The second-order valence-electron chi connectivity index (χ2n) is 7.72. The van der Waals surface area contributed by atoms with Crippen molar-refractivity contribution in [1.29, 1.82) is 0 Å². The summed E-state index contributed by atoms with van der Waals surface area (Å²) in [6, 6.07) is 12.2. The third-order valence-electron chi connectivity index (χ3n) is 5.31. The highest BCUT2D eigenvalue weighted by molar-refractivity contribution is 7.92. The normalized spacial score (nSPS) is 11.3. The number of nitrogens with one attached hydrogen (secondary N) is 1. The van der Waals surface area contributed by atoms with Crippen molar-refractivity contribution in [2.45, 2.75) is 11.8 Å². The van der Waals surface area contributed by atoms with Crippen molar-refractivity contribution in [2.24, 2.45) is 5.10 Å². The number of carbonyl (C=O) groups excluding carboxylic acids is 1. The molecule has 0 saturated heterocycles. The number of rotatable bonds is 10. The summed E-state index contributed by atoms with van der Waals surface area (Å²) < 4.78 is 38.4. The molecular weight excluding hydrogens is 540 g/mol. The molecule has 0 atom stereocenters. The highest BCUT2D eigenvalue weighted by atomic mass is 35.5. The lowest BCUT2D eigenvalue weighted by atomic mass is 10.2. The predicted molar refractivity (Wildman–Crippen MR) is 141 cm³/mol. The van der Waals surface area contributed by atoms with Gasteiger partial charge < -0.3 is 14.6 Å². The Bertz CT molecular complexity index is 1510. The van der Waals surface area contributed by atoms with Gasteiger partial charge in [-0.05, 0) is 43.3 Å². The third kappa shape index (κ3) is 6.12. The van der Waals surface area contributed by atoms with Crippen LogP contribution in [-0.2, 0) is 14.8 Å². The van der Waals surface area contributed by atoms with Gasteiger partial charge in [-0.15, -0.1) is 0 Å². The van der Waals surface area contributed by atoms with E-state index < -0.39 is 38.0 Å². The number of hydrogen-bond donors (Lipinski definition) is 2. The van der Waals surface area contributed by atoms with Crippen LogP contribution in [0.4, 0.5) is 11.4 Å². The number of ether oxygens (including phenoxy) is 2. The largest absolute Gasteiger partial charge is 0.504 e. The van der Waals surface area contributed by atoms with Gasteiger partial charge in [0.05, 0.1) is 35.9 Å². The Balaban J connectivity index is 1.99. The van der Waals surface area contributed by atoms with Gasteiger partial charge >= 0.3 is 0 Å². The molecule has 0 aromatic heterocycles. The molecule has 3 aromatic rings. The third-order valence-corrected chi connectivity index (χ3v) is 7.30. The molecule has 1 amide bonds. The Morgan fingerprint density at radius 1 is 1.16 bits per heavy atom. The van der Waals surface area contributed by atoms with Gasteiger partial charge in [0.25, 0.3) is 21.6 Å². The maximum atomic E-state index is 13.7. The molecule has 200 valence electrons. The van der Waals surface area contributed by atoms with Crippen molar-refractivity contribution in [2.75, 3.05) is 25.1 Å². The molecule has 0 radical (unpaired) electrons. The van der Waals surface area contributed by atoms with E-state index in [9.17, 15) is 28.4 Å². The molecule has 0 bridgehead atoms. The molecule has 0 aliphatic carbocycles. The minimum atomic E-state index is -4.54. The Morgan fingerprint density at radius 3 is 2.53 bits per heavy atom. The molecule has 14 heteroatoms. The van der Waals surface area contributed by atoms with E-state index in [1.807, 2.05) is 0 Å². The average Bonchev–Trinajstić information content (AvgIpc) is 2.88. The summed E-state index contributed by atoms with van der Waals surface area (Å²) in [5, 5.41) is 25.5. The number of carbonyl (C=O) groups is 1. The molecule has 12 nitrogen and oxygen atoms in total. The van der Waals surface area contributed by atoms with E-state index in [0.717, 1.165) is 12.3 Å². The number of anilines is 1. The quantitative estimate of drug-likeness (QED) is 0.215. The standard InChI is InChI=1S/C24H23ClN4O8S/c1-15-7-9-18(12-19(15)29(32)33)38(34,35)28(20-11-17(25)8-10-21(20)36-2)14-23(30)27-26-13-16-5-4-6-22(37-3)24(16)31/h4-13,31H,14H2,1-3H3,(H,27,30)/b26-13-. The van der Waals surface area contributed by atoms with E-state index in [1.54, 1.807) is 6.07 Å². The number of nitro groups is 1. The molecule has 0 unspecified atom stereocenters. The van der Waals surface area contributed by atoms with Gasteiger partial charge in [0.2, 0.25) is 0 Å². The zero-order chi connectivity index (χ0) is 28.0. The first kappa shape index (κ1) is 28.2. The molecule has 3 rings (SSSR count). The Kier molecular flexibility index (Phi) is 8.76. The zero-order valence-corrected chi connectivity index (χ0v) is 22.0. The number of phenols is 1. The predicted octanol–water partition coefficient (Wildman–Crippen LogP) is 3.63. The fourth-order valence-electron chi connectivity index (χ4n) is 3.38. The van der Waals surface area contributed by atoms with Crippen LogP contribution in [0.25, 0.3) is 0 Å². The van der Waals surface area contributed by atoms with Gasteiger partial charge in [0.1, 0.15) is 12.3 Å². The van der Waals surface area contributed by atoms with Gasteiger partial charge in [0, 0.05) is 22.2 Å². The van der Waals surface area contributed by atoms with Crippen molar-refractivity contribution in [3.8, 4) is 17.2 Å². The minimum Gasteiger partial charge on any atom is -0.504 e. The van der Waals surface area contributed by atoms with E-state index in [0.29, 0.717) is 4.31 Å². The molecule has 0 aliphatic rings. The second-order valence-corrected chi connectivity index (χ2v) is 10.0. The fourth-order valence-corrected chi connectivity index (χ4v) is 4.99. The van der Waals surface area contributed by atoms with E-state index in [-0.39, 0.29) is 39.1 Å². The molecular formula is C24H23ClN4O8S. The van der Waals surface area contributed by atoms with E-state index >= 15 is 0 Å². The minimum absolute atomic E-state index is 0.0761. The number of para-hydroxylation sites is 1. The topological polar surface area (TPSA) is 161 Å². The SMILES string of the molecule is COc1ccc(Cl)cc1N(CC(=O)N/N=C\c1cccc(OC)c1O)S(=O)(=O)c1ccc(C)c([N+](=O)[O-])c1. The number of methoxy groups -OCH3 is 2. The number of benzene rings is 3. The summed E-state index contributed by atoms with van der Waals surface area (Å²) in [5.74, 6) is -0.798. The van der Waals surface area contributed by atoms with Crippen LogP contribution in [0.15, 0.2) is 64.6 Å². The van der Waals surface area contributed by atoms with Crippen LogP contribution in [0.3, 0.4) is 0 Å². The summed E-state index contributed by atoms with van der Waals surface area (Å²) in [4.78, 5) is 23.1. The fraction of sp³-hybridized carbons (Fsp3) is 0.167. The van der Waals surface area contributed by atoms with E-state index in [4.69, 9.17) is 21.1 Å². The van der Waals surface area contributed by atoms with Gasteiger partial charge in [0.15, 0.2) is 11.5 Å². The van der Waals surface area contributed by atoms with Crippen LogP contribution in [0.2, 0.25) is 5.02 Å². The molecule has 0 fully saturated rings. The number of phenolic OH excluding ortho intramolecular Hbond substituents is 1. The van der Waals surface area contributed by atoms with Gasteiger partial charge in [-0.2, -0.15) is 5.10 Å². The summed E-state index contributed by atoms with van der Waals surface area (Å²) in [7, 11) is -1.86. The Morgan fingerprint density at radius 2 is 1.87 bits per heavy atom. The zero-order valence-electron chi connectivity index (χ0n) is 20.4. The second kappa shape index (κ2) is 11.8. The maximum Gasteiger partial charge on any atom is 0.273 e. The summed E-state index contributed by atoms with van der Waals surface area (Å²) in [6.07, 6.45) is 1.15. The molecule has 0 saturated carbocycles. The van der Waals surface area contributed by atoms with Gasteiger partial charge in [-0.1, -0.05) is 23.7 Å². The lowest BCUT2D eigenvalue weighted by molar-refractivity contribution is -0.385. The molecule has 0 aliphatic heterocycles. The first-order chi connectivity index (χ1) is 18.0. The molecule has 0 heterocycles. The van der Waals surface area contributed by atoms with Crippen molar-refractivity contribution in [3.63, 3.8) is 0 Å². The van der Waals surface area contributed by atoms with Crippen molar-refractivity contribution in [3.05, 3.63) is 80.9 Å². The van der Waals surface area contributed by atoms with E-state index in [2.05, 4.69) is 10.5 Å². The van der Waals surface area contributed by atoms with Gasteiger partial charge in [-0.25, -0.2) is 13.8 Å². The number of halogens is 1. The van der Waals surface area contributed by atoms with Crippen LogP contribution in [0.5, 0.6) is 17.2 Å². The van der Waals surface area contributed by atoms with Crippen molar-refractivity contribution < 1.29 is 32.7 Å². The number of hydrogen-bond acceptors (Lipinski definition) is 9. The van der Waals surface area contributed by atoms with Crippen molar-refractivity contribution in [1.82, 2.24) is 5.43 Å². The number of sulfonamides is 1. The van der Waals surface area contributed by atoms with Crippen LogP contribution < -0.4 is 19.2 Å². The summed E-state index contributed by atoms with van der Waals surface area (Å²) in [5.41, 5.74) is 2.21. The average molecular weight is 563 g/mol. The number of nitro benzene ring substituents is 1. The number of aromatic hydroxyl groups is 1. The van der Waals surface area contributed by atoms with Crippen molar-refractivity contribution >= 4 is 45.1 Å². The number of nitrogens with zero attached hydrogens (tertiary/aromatic N) is 3. The number of hydrazone groups is 1. The smallest absolute Gasteiger partial charge is 0.273 e. The maximum absolute atomic E-state index is 13.7. The Labute approximate surface area is 223 Å². The van der Waals surface area contributed by atoms with Crippen LogP contribution in [-0.4, -0.2) is 51.3 Å². The monoisotopic (exact) mass is 562 g/mol. The number of aryl methyl sites for hydroxylation is 1. The molecule has 3 aromatic carbocycles. The first-order valence-corrected chi connectivity index (χ1v) is 12.6. The van der Waals surface area contributed by atoms with Crippen LogP contribution >= 0.6 is 11.6 Å². The van der Waals surface area contributed by atoms with Crippen LogP contribution in [0, 0.1) is 17.0 Å². The Hall–Kier alpha value is -4.36. The first-order valence-electron chi connectivity index (χ1n) is 10.8. The lowest BCUT2D eigenvalue weighted by Gasteiger charge is -2.25. The molecule has 0 spiro atoms. The van der Waals surface area contributed by atoms with Gasteiger partial charge in [-0.3, -0.25) is 19.2 Å². The lowest BCUT2D eigenvalue weighted by Crippen LogP contribution is -2.39. The highest BCUT2D eigenvalue weighted by Gasteiger charge is 2.31. The number of amides is 1. The highest BCUT2D eigenvalue weighted by Crippen LogP contribution is 2.35. The van der Waals surface area contributed by atoms with Crippen LogP contribution in [0.1, 0.15) is 11.1 Å².